The lowest BCUT2D eigenvalue weighted by molar-refractivity contribution is -0.137. The van der Waals surface area contributed by atoms with Crippen molar-refractivity contribution in [3.63, 3.8) is 0 Å². The fourth-order valence-electron chi connectivity index (χ4n) is 2.50. The number of rotatable bonds is 2. The van der Waals surface area contributed by atoms with Gasteiger partial charge in [-0.15, -0.1) is 0 Å². The highest BCUT2D eigenvalue weighted by atomic mass is 79.9. The molecule has 2 rings (SSSR count). The van der Waals surface area contributed by atoms with E-state index in [4.69, 9.17) is 4.74 Å². The Hall–Kier alpha value is -1.89. The lowest BCUT2D eigenvalue weighted by Gasteiger charge is -2.39. The van der Waals surface area contributed by atoms with E-state index in [0.29, 0.717) is 16.8 Å². The summed E-state index contributed by atoms with van der Waals surface area (Å²) >= 11 is 3.13. The third kappa shape index (κ3) is 2.61. The summed E-state index contributed by atoms with van der Waals surface area (Å²) in [6, 6.07) is 3.52. The van der Waals surface area contributed by atoms with Crippen LogP contribution in [0, 0.1) is 5.82 Å². The summed E-state index contributed by atoms with van der Waals surface area (Å²) in [4.78, 5) is 27.3. The highest BCUT2D eigenvalue weighted by molar-refractivity contribution is 9.10. The van der Waals surface area contributed by atoms with Crippen molar-refractivity contribution in [2.24, 2.45) is 0 Å². The maximum Gasteiger partial charge on any atom is 0.337 e. The van der Waals surface area contributed by atoms with Crippen molar-refractivity contribution >= 4 is 27.9 Å². The normalized spacial score (nSPS) is 18.8. The molecule has 0 unspecified atom stereocenters. The molecule has 0 radical (unpaired) electrons. The summed E-state index contributed by atoms with van der Waals surface area (Å²) in [6.45, 7) is 1.68. The molecule has 0 spiro atoms. The summed E-state index contributed by atoms with van der Waals surface area (Å²) in [5.74, 6) is -0.930. The minimum Gasteiger partial charge on any atom is -0.466 e. The van der Waals surface area contributed by atoms with E-state index in [-0.39, 0.29) is 10.5 Å². The van der Waals surface area contributed by atoms with Crippen LogP contribution in [0.4, 0.5) is 9.18 Å². The van der Waals surface area contributed by atoms with Crippen molar-refractivity contribution < 1.29 is 18.7 Å². The molecule has 1 aromatic rings. The number of carbonyl (C=O) groups excluding carboxylic acids is 2. The first-order chi connectivity index (χ1) is 10.3. The summed E-state index contributed by atoms with van der Waals surface area (Å²) in [5.41, 5.74) is 1.49. The zero-order valence-electron chi connectivity index (χ0n) is 12.7. The van der Waals surface area contributed by atoms with Gasteiger partial charge in [0.25, 0.3) is 0 Å². The van der Waals surface area contributed by atoms with E-state index in [1.54, 1.807) is 33.2 Å². The molecular formula is C15H16BrFN2O3. The van der Waals surface area contributed by atoms with E-state index in [1.807, 2.05) is 0 Å². The number of urea groups is 1. The van der Waals surface area contributed by atoms with Crippen LogP contribution in [0.1, 0.15) is 18.5 Å². The summed E-state index contributed by atoms with van der Waals surface area (Å²) < 4.78 is 18.6. The van der Waals surface area contributed by atoms with Crippen LogP contribution in [0.3, 0.4) is 0 Å². The van der Waals surface area contributed by atoms with Gasteiger partial charge in [0.15, 0.2) is 0 Å². The molecule has 0 fully saturated rings. The molecule has 1 aromatic carbocycles. The molecule has 0 aliphatic carbocycles. The zero-order chi connectivity index (χ0) is 16.6. The molecule has 1 heterocycles. The monoisotopic (exact) mass is 370 g/mol. The van der Waals surface area contributed by atoms with Gasteiger partial charge in [0.1, 0.15) is 5.82 Å². The molecule has 5 nitrogen and oxygen atoms in total. The van der Waals surface area contributed by atoms with Crippen LogP contribution in [0.5, 0.6) is 0 Å². The first-order valence-electron chi connectivity index (χ1n) is 6.54. The van der Waals surface area contributed by atoms with Crippen LogP contribution in [-0.4, -0.2) is 43.0 Å². The first-order valence-corrected chi connectivity index (χ1v) is 7.33. The van der Waals surface area contributed by atoms with Crippen LogP contribution < -0.4 is 0 Å². The van der Waals surface area contributed by atoms with Crippen molar-refractivity contribution in [2.75, 3.05) is 21.2 Å². The van der Waals surface area contributed by atoms with E-state index >= 15 is 0 Å². The average molecular weight is 371 g/mol. The molecular weight excluding hydrogens is 355 g/mol. The van der Waals surface area contributed by atoms with Crippen molar-refractivity contribution in [3.8, 4) is 0 Å². The quantitative estimate of drug-likeness (QED) is 0.751. The second kappa shape index (κ2) is 6.08. The van der Waals surface area contributed by atoms with Gasteiger partial charge in [0, 0.05) is 19.8 Å². The summed E-state index contributed by atoms with van der Waals surface area (Å²) in [6.07, 6.45) is 0. The Morgan fingerprint density at radius 2 is 2.00 bits per heavy atom. The maximum absolute atomic E-state index is 13.5. The van der Waals surface area contributed by atoms with Gasteiger partial charge in [-0.2, -0.15) is 0 Å². The number of amides is 2. The van der Waals surface area contributed by atoms with Gasteiger partial charge < -0.3 is 14.5 Å². The molecule has 2 amide bonds. The van der Waals surface area contributed by atoms with Crippen LogP contribution in [0.15, 0.2) is 33.9 Å². The number of likely N-dealkylation sites (N-methyl/N-ethyl adjacent to an activating group) is 1. The Balaban J connectivity index is 2.65. The average Bonchev–Trinajstić information content (AvgIpc) is 2.50. The lowest BCUT2D eigenvalue weighted by Crippen LogP contribution is -2.47. The Labute approximate surface area is 136 Å². The fourth-order valence-corrected chi connectivity index (χ4v) is 2.90. The van der Waals surface area contributed by atoms with Crippen molar-refractivity contribution in [1.82, 2.24) is 9.80 Å². The van der Waals surface area contributed by atoms with Gasteiger partial charge in [-0.1, -0.05) is 6.07 Å². The number of benzene rings is 1. The van der Waals surface area contributed by atoms with Gasteiger partial charge >= 0.3 is 12.0 Å². The summed E-state index contributed by atoms with van der Waals surface area (Å²) in [5, 5.41) is 0. The van der Waals surface area contributed by atoms with Crippen LogP contribution in [0.25, 0.3) is 0 Å². The maximum atomic E-state index is 13.5. The molecule has 118 valence electrons. The van der Waals surface area contributed by atoms with E-state index in [2.05, 4.69) is 15.9 Å². The second-order valence-electron chi connectivity index (χ2n) is 5.02. The highest BCUT2D eigenvalue weighted by Crippen LogP contribution is 2.37. The number of esters is 1. The van der Waals surface area contributed by atoms with E-state index < -0.39 is 17.8 Å². The minimum absolute atomic E-state index is 0.254. The fraction of sp³-hybridized carbons (Fsp3) is 0.333. The first kappa shape index (κ1) is 16.5. The van der Waals surface area contributed by atoms with Crippen LogP contribution >= 0.6 is 15.9 Å². The van der Waals surface area contributed by atoms with Crippen molar-refractivity contribution in [3.05, 3.63) is 45.3 Å². The van der Waals surface area contributed by atoms with Gasteiger partial charge in [0.2, 0.25) is 0 Å². The number of halogens is 2. The van der Waals surface area contributed by atoms with Crippen LogP contribution in [-0.2, 0) is 9.53 Å². The molecule has 0 saturated heterocycles. The Kier molecular flexibility index (Phi) is 4.55. The minimum atomic E-state index is -0.631. The third-order valence-corrected chi connectivity index (χ3v) is 4.41. The molecule has 0 aromatic heterocycles. The molecule has 1 atom stereocenters. The number of ether oxygens (including phenoxy) is 1. The molecule has 22 heavy (non-hydrogen) atoms. The molecule has 0 N–H and O–H groups in total. The van der Waals surface area contributed by atoms with Gasteiger partial charge in [-0.05, 0) is 40.5 Å². The van der Waals surface area contributed by atoms with Crippen molar-refractivity contribution in [2.45, 2.75) is 13.0 Å². The number of nitrogens with zero attached hydrogens (tertiary/aromatic N) is 2. The number of carbonyl (C=O) groups is 2. The van der Waals surface area contributed by atoms with Gasteiger partial charge in [0.05, 0.1) is 23.2 Å². The predicted molar refractivity (Wildman–Crippen MR) is 82.5 cm³/mol. The second-order valence-corrected chi connectivity index (χ2v) is 5.87. The molecule has 0 bridgehead atoms. The number of hydrogen-bond donors (Lipinski definition) is 0. The SMILES string of the molecule is COC(=O)C1=C(C)N(C)C(=O)N(C)[C@@H]1c1ccc(F)c(Br)c1. The smallest absolute Gasteiger partial charge is 0.337 e. The number of methoxy groups -OCH3 is 1. The predicted octanol–water partition coefficient (Wildman–Crippen LogP) is 3.07. The zero-order valence-corrected chi connectivity index (χ0v) is 14.3. The molecule has 7 heteroatoms. The van der Waals surface area contributed by atoms with E-state index in [1.165, 1.54) is 23.0 Å². The van der Waals surface area contributed by atoms with Gasteiger partial charge in [-0.3, -0.25) is 0 Å². The standard InChI is InChI=1S/C15H16BrFN2O3/c1-8-12(14(20)22-4)13(19(3)15(21)18(8)2)9-5-6-11(17)10(16)7-9/h5-7,13H,1-4H3/t13-/m1/s1. The Morgan fingerprint density at radius 3 is 2.55 bits per heavy atom. The largest absolute Gasteiger partial charge is 0.466 e. The number of allylic oxidation sites excluding steroid dienone is 1. The number of hydrogen-bond acceptors (Lipinski definition) is 3. The third-order valence-electron chi connectivity index (χ3n) is 3.81. The Morgan fingerprint density at radius 1 is 1.36 bits per heavy atom. The molecule has 0 saturated carbocycles. The highest BCUT2D eigenvalue weighted by Gasteiger charge is 2.39. The Bertz CT molecular complexity index is 675. The van der Waals surface area contributed by atoms with Crippen LogP contribution in [0.2, 0.25) is 0 Å². The summed E-state index contributed by atoms with van der Waals surface area (Å²) in [7, 11) is 4.47. The van der Waals surface area contributed by atoms with E-state index in [9.17, 15) is 14.0 Å². The lowest BCUT2D eigenvalue weighted by atomic mass is 9.94. The van der Waals surface area contributed by atoms with Gasteiger partial charge in [-0.25, -0.2) is 14.0 Å². The molecule has 1 aliphatic rings. The topological polar surface area (TPSA) is 49.9 Å². The molecule has 1 aliphatic heterocycles. The van der Waals surface area contributed by atoms with Crippen molar-refractivity contribution in [1.29, 1.82) is 0 Å². The van der Waals surface area contributed by atoms with E-state index in [0.717, 1.165) is 0 Å².